The Morgan fingerprint density at radius 2 is 1.07 bits per heavy atom. The van der Waals surface area contributed by atoms with E-state index < -0.39 is 23.0 Å². The zero-order valence-electron chi connectivity index (χ0n) is 29.5. The molecule has 0 unspecified atom stereocenters. The van der Waals surface area contributed by atoms with E-state index >= 15 is 0 Å². The highest BCUT2D eigenvalue weighted by Gasteiger charge is 2.31. The standard InChI is InChI=1S/C46H38N2O6/c1-3-31-41(49)37-35-33(47(39(37)45(53)43(31)51)29-19-15-27(16-20-29)25-11-7-5-8-12-25)23-24-34-36(35)38-40(46(54)44(52)32(4-2)42(38)50)48(34)30-21-17-28(18-22-30)26-13-9-6-10-14-26/h3-5,7-8,11-13,15-17,19-21,23-24,49-54H,1-2,6,9-10,14,18,22H2. The summed E-state index contributed by atoms with van der Waals surface area (Å²) >= 11 is 0. The van der Waals surface area contributed by atoms with E-state index in [1.165, 1.54) is 36.1 Å². The molecule has 0 bridgehead atoms. The second-order valence-corrected chi connectivity index (χ2v) is 14.0. The molecule has 8 nitrogen and oxygen atoms in total. The summed E-state index contributed by atoms with van der Waals surface area (Å²) in [6.45, 7) is 7.58. The van der Waals surface area contributed by atoms with Crippen molar-refractivity contribution in [1.29, 1.82) is 0 Å². The van der Waals surface area contributed by atoms with Crippen molar-refractivity contribution in [2.24, 2.45) is 0 Å². The van der Waals surface area contributed by atoms with Crippen LogP contribution in [0.3, 0.4) is 0 Å². The molecule has 0 aliphatic heterocycles. The van der Waals surface area contributed by atoms with Gasteiger partial charge in [-0.2, -0.15) is 0 Å². The third kappa shape index (κ3) is 4.62. The summed E-state index contributed by atoms with van der Waals surface area (Å²) in [7, 11) is 0. The minimum absolute atomic E-state index is 0.0446. The van der Waals surface area contributed by atoms with Gasteiger partial charge in [-0.05, 0) is 91.1 Å². The Hall–Kier alpha value is -6.80. The van der Waals surface area contributed by atoms with Gasteiger partial charge in [0.15, 0.2) is 23.0 Å². The van der Waals surface area contributed by atoms with Gasteiger partial charge < -0.3 is 39.8 Å². The van der Waals surface area contributed by atoms with Crippen LogP contribution in [0, 0.1) is 0 Å². The lowest BCUT2D eigenvalue weighted by molar-refractivity contribution is 0.400. The van der Waals surface area contributed by atoms with Gasteiger partial charge in [0.1, 0.15) is 22.5 Å². The molecular formula is C46H38N2O6. The van der Waals surface area contributed by atoms with Crippen LogP contribution in [-0.2, 0) is 0 Å². The van der Waals surface area contributed by atoms with Gasteiger partial charge in [-0.25, -0.2) is 0 Å². The van der Waals surface area contributed by atoms with Crippen LogP contribution in [0.1, 0.15) is 49.7 Å². The lowest BCUT2D eigenvalue weighted by Gasteiger charge is -2.21. The number of phenolic OH excluding ortho intramolecular Hbond substituents is 6. The van der Waals surface area contributed by atoms with Crippen LogP contribution < -0.4 is 0 Å². The molecule has 2 aliphatic carbocycles. The molecule has 0 saturated heterocycles. The van der Waals surface area contributed by atoms with E-state index in [-0.39, 0.29) is 44.4 Å². The summed E-state index contributed by atoms with van der Waals surface area (Å²) in [6, 6.07) is 21.4. The van der Waals surface area contributed by atoms with Gasteiger partial charge in [-0.3, -0.25) is 0 Å². The normalized spacial score (nSPS) is 14.8. The molecule has 2 aliphatic rings. The highest BCUT2D eigenvalue weighted by atomic mass is 16.3. The molecule has 0 radical (unpaired) electrons. The molecular weight excluding hydrogens is 677 g/mol. The lowest BCUT2D eigenvalue weighted by Crippen LogP contribution is -2.04. The molecule has 54 heavy (non-hydrogen) atoms. The number of phenols is 6. The molecule has 0 fully saturated rings. The maximum atomic E-state index is 12.0. The molecule has 0 amide bonds. The summed E-state index contributed by atoms with van der Waals surface area (Å²) in [6.07, 6.45) is 14.9. The minimum atomic E-state index is -0.527. The third-order valence-electron chi connectivity index (χ3n) is 11.2. The third-order valence-corrected chi connectivity index (χ3v) is 11.2. The summed E-state index contributed by atoms with van der Waals surface area (Å²) in [5, 5.41) is 71.2. The average Bonchev–Trinajstić information content (AvgIpc) is 3.75. The first-order valence-electron chi connectivity index (χ1n) is 18.1. The number of hydrogen-bond donors (Lipinski definition) is 6. The Bertz CT molecular complexity index is 2850. The van der Waals surface area contributed by atoms with Gasteiger partial charge in [-0.1, -0.05) is 79.9 Å². The predicted octanol–water partition coefficient (Wildman–Crippen LogP) is 11.1. The van der Waals surface area contributed by atoms with E-state index in [9.17, 15) is 30.6 Å². The quantitative estimate of drug-likeness (QED) is 0.0751. The number of aromatic hydroxyl groups is 6. The highest BCUT2D eigenvalue weighted by molar-refractivity contribution is 6.33. The van der Waals surface area contributed by atoms with E-state index in [0.717, 1.165) is 36.1 Å². The fourth-order valence-corrected chi connectivity index (χ4v) is 8.64. The smallest absolute Gasteiger partial charge is 0.183 e. The molecule has 268 valence electrons. The maximum Gasteiger partial charge on any atom is 0.183 e. The van der Waals surface area contributed by atoms with Crippen LogP contribution >= 0.6 is 0 Å². The number of fused-ring (bicyclic) bond motifs is 7. The highest BCUT2D eigenvalue weighted by Crippen LogP contribution is 2.56. The predicted molar refractivity (Wildman–Crippen MR) is 218 cm³/mol. The summed E-state index contributed by atoms with van der Waals surface area (Å²) in [4.78, 5) is 0. The Morgan fingerprint density at radius 1 is 0.500 bits per heavy atom. The van der Waals surface area contributed by atoms with Crippen LogP contribution in [0.25, 0.3) is 78.3 Å². The monoisotopic (exact) mass is 714 g/mol. The van der Waals surface area contributed by atoms with Crippen LogP contribution in [0.4, 0.5) is 0 Å². The fraction of sp³-hybridized carbons (Fsp3) is 0.130. The van der Waals surface area contributed by atoms with Crippen LogP contribution in [0.2, 0.25) is 0 Å². The zero-order chi connectivity index (χ0) is 37.4. The first-order valence-corrected chi connectivity index (χ1v) is 18.1. The molecule has 0 atom stereocenters. The van der Waals surface area contributed by atoms with Gasteiger partial charge in [0.25, 0.3) is 0 Å². The maximum absolute atomic E-state index is 12.0. The van der Waals surface area contributed by atoms with E-state index in [1.54, 1.807) is 4.57 Å². The van der Waals surface area contributed by atoms with Gasteiger partial charge in [0.2, 0.25) is 0 Å². The Kier molecular flexibility index (Phi) is 7.60. The molecule has 2 aromatic heterocycles. The number of allylic oxidation sites excluding steroid dienone is 6. The molecule has 0 spiro atoms. The number of nitrogens with zero attached hydrogens (tertiary/aromatic N) is 2. The van der Waals surface area contributed by atoms with Crippen molar-refractivity contribution in [3.05, 3.63) is 120 Å². The topological polar surface area (TPSA) is 131 Å². The van der Waals surface area contributed by atoms with Crippen molar-refractivity contribution in [1.82, 2.24) is 9.13 Å². The van der Waals surface area contributed by atoms with Crippen LogP contribution in [0.15, 0.2) is 109 Å². The molecule has 5 aromatic carbocycles. The van der Waals surface area contributed by atoms with Crippen molar-refractivity contribution in [3.63, 3.8) is 0 Å². The largest absolute Gasteiger partial charge is 0.506 e. The van der Waals surface area contributed by atoms with Gasteiger partial charge in [-0.15, -0.1) is 0 Å². The van der Waals surface area contributed by atoms with Crippen molar-refractivity contribution >= 4 is 61.5 Å². The minimum Gasteiger partial charge on any atom is -0.506 e. The molecule has 6 N–H and O–H groups in total. The van der Waals surface area contributed by atoms with Gasteiger partial charge >= 0.3 is 0 Å². The van der Waals surface area contributed by atoms with Crippen LogP contribution in [0.5, 0.6) is 34.5 Å². The first-order chi connectivity index (χ1) is 26.2. The molecule has 2 heterocycles. The van der Waals surface area contributed by atoms with Crippen LogP contribution in [-0.4, -0.2) is 39.8 Å². The summed E-state index contributed by atoms with van der Waals surface area (Å²) in [5.74, 6) is -2.53. The van der Waals surface area contributed by atoms with Gasteiger partial charge in [0.05, 0.1) is 32.9 Å². The van der Waals surface area contributed by atoms with Crippen molar-refractivity contribution in [2.45, 2.75) is 38.5 Å². The summed E-state index contributed by atoms with van der Waals surface area (Å²) < 4.78 is 3.63. The van der Waals surface area contributed by atoms with E-state index in [1.807, 2.05) is 77.4 Å². The number of hydrogen-bond acceptors (Lipinski definition) is 6. The molecule has 0 saturated carbocycles. The average molecular weight is 715 g/mol. The van der Waals surface area contributed by atoms with E-state index in [2.05, 4.69) is 25.3 Å². The number of benzene rings is 5. The SMILES string of the molecule is C=Cc1c(O)c(O)c2c(c1O)c1c3c4c(O)c(C=C)c(O)c(O)c4n(-c4ccc(-c5ccccc5)cc4)c3ccc1n2C1=CC=C(C2=CCCCC2)CC1. The number of aromatic nitrogens is 2. The molecule has 7 aromatic rings. The fourth-order valence-electron chi connectivity index (χ4n) is 8.64. The van der Waals surface area contributed by atoms with E-state index in [4.69, 9.17) is 0 Å². The second-order valence-electron chi connectivity index (χ2n) is 14.0. The van der Waals surface area contributed by atoms with Crippen molar-refractivity contribution in [2.75, 3.05) is 0 Å². The Balaban J connectivity index is 1.43. The first kappa shape index (κ1) is 33.1. The summed E-state index contributed by atoms with van der Waals surface area (Å²) in [5.41, 5.74) is 7.51. The lowest BCUT2D eigenvalue weighted by atomic mass is 9.88. The van der Waals surface area contributed by atoms with Gasteiger partial charge in [0, 0.05) is 22.2 Å². The molecule has 8 heteroatoms. The second kappa shape index (κ2) is 12.4. The van der Waals surface area contributed by atoms with Crippen molar-refractivity contribution < 1.29 is 30.6 Å². The molecule has 9 rings (SSSR count). The zero-order valence-corrected chi connectivity index (χ0v) is 29.5. The van der Waals surface area contributed by atoms with Crippen molar-refractivity contribution in [3.8, 4) is 51.3 Å². The Labute approximate surface area is 310 Å². The number of rotatable bonds is 6. The van der Waals surface area contributed by atoms with E-state index in [0.29, 0.717) is 33.9 Å². The Morgan fingerprint density at radius 3 is 1.61 bits per heavy atom.